The van der Waals surface area contributed by atoms with Gasteiger partial charge in [0.15, 0.2) is 0 Å². The molecule has 19 heavy (non-hydrogen) atoms. The van der Waals surface area contributed by atoms with Crippen LogP contribution in [0.2, 0.25) is 0 Å². The predicted octanol–water partition coefficient (Wildman–Crippen LogP) is 5.13. The number of anilines is 1. The van der Waals surface area contributed by atoms with Gasteiger partial charge in [-0.25, -0.2) is 0 Å². The average molecular weight is 263 g/mol. The van der Waals surface area contributed by atoms with Gasteiger partial charge in [-0.15, -0.1) is 0 Å². The molecule has 0 aliphatic rings. The van der Waals surface area contributed by atoms with E-state index < -0.39 is 0 Å². The molecule has 0 saturated heterocycles. The molecule has 108 valence electrons. The Kier molecular flexibility index (Phi) is 7.39. The van der Waals surface area contributed by atoms with Crippen LogP contribution in [0, 0.1) is 0 Å². The van der Waals surface area contributed by atoms with Crippen LogP contribution in [0.1, 0.15) is 70.8 Å². The van der Waals surface area contributed by atoms with E-state index in [0.717, 1.165) is 30.9 Å². The lowest BCUT2D eigenvalue weighted by molar-refractivity contribution is 0.306. The van der Waals surface area contributed by atoms with Gasteiger partial charge < -0.3 is 10.5 Å². The van der Waals surface area contributed by atoms with Gasteiger partial charge in [0.05, 0.1) is 12.3 Å². The summed E-state index contributed by atoms with van der Waals surface area (Å²) in [7, 11) is 0. The topological polar surface area (TPSA) is 35.2 Å². The fourth-order valence-electron chi connectivity index (χ4n) is 2.13. The van der Waals surface area contributed by atoms with E-state index in [2.05, 4.69) is 32.9 Å². The van der Waals surface area contributed by atoms with Crippen LogP contribution in [0.25, 0.3) is 0 Å². The van der Waals surface area contributed by atoms with E-state index in [-0.39, 0.29) is 0 Å². The first-order valence-corrected chi connectivity index (χ1v) is 7.71. The van der Waals surface area contributed by atoms with E-state index in [1.807, 2.05) is 6.07 Å². The summed E-state index contributed by atoms with van der Waals surface area (Å²) in [6.07, 6.45) is 7.42. The Morgan fingerprint density at radius 2 is 1.84 bits per heavy atom. The predicted molar refractivity (Wildman–Crippen MR) is 83.8 cm³/mol. The third-order valence-corrected chi connectivity index (χ3v) is 3.72. The van der Waals surface area contributed by atoms with Gasteiger partial charge in [-0.3, -0.25) is 0 Å². The Morgan fingerprint density at radius 3 is 2.47 bits per heavy atom. The van der Waals surface area contributed by atoms with Gasteiger partial charge in [0.25, 0.3) is 0 Å². The van der Waals surface area contributed by atoms with E-state index in [1.54, 1.807) is 0 Å². The van der Waals surface area contributed by atoms with Crippen molar-refractivity contribution in [3.05, 3.63) is 23.8 Å². The van der Waals surface area contributed by atoms with Crippen molar-refractivity contribution in [2.24, 2.45) is 0 Å². The fraction of sp³-hybridized carbons (Fsp3) is 0.647. The second-order valence-electron chi connectivity index (χ2n) is 5.37. The maximum atomic E-state index is 6.05. The van der Waals surface area contributed by atoms with Crippen molar-refractivity contribution in [2.45, 2.75) is 65.2 Å². The van der Waals surface area contributed by atoms with Gasteiger partial charge in [-0.1, -0.05) is 52.5 Å². The van der Waals surface area contributed by atoms with E-state index in [9.17, 15) is 0 Å². The van der Waals surface area contributed by atoms with E-state index in [1.165, 1.54) is 31.2 Å². The standard InChI is InChI=1S/C17H29NO/c1-4-6-7-8-9-12-19-17-11-10-15(13-16(17)18)14(3)5-2/h10-11,13-14H,4-9,12,18H2,1-3H3. The number of hydrogen-bond acceptors (Lipinski definition) is 2. The summed E-state index contributed by atoms with van der Waals surface area (Å²) in [6.45, 7) is 7.43. The molecule has 1 aromatic rings. The SMILES string of the molecule is CCCCCCCOc1ccc(C(C)CC)cc1N. The zero-order chi connectivity index (χ0) is 14.1. The highest BCUT2D eigenvalue weighted by atomic mass is 16.5. The summed E-state index contributed by atoms with van der Waals surface area (Å²) in [4.78, 5) is 0. The first-order valence-electron chi connectivity index (χ1n) is 7.71. The van der Waals surface area contributed by atoms with Crippen molar-refractivity contribution < 1.29 is 4.74 Å². The minimum atomic E-state index is 0.561. The van der Waals surface area contributed by atoms with E-state index in [4.69, 9.17) is 10.5 Å². The Balaban J connectivity index is 2.38. The minimum Gasteiger partial charge on any atom is -0.491 e. The largest absolute Gasteiger partial charge is 0.491 e. The van der Waals surface area contributed by atoms with Crippen LogP contribution >= 0.6 is 0 Å². The molecule has 1 atom stereocenters. The molecule has 0 radical (unpaired) electrons. The Labute approximate surface area is 118 Å². The van der Waals surface area contributed by atoms with Gasteiger partial charge in [0.2, 0.25) is 0 Å². The number of nitrogen functional groups attached to an aromatic ring is 1. The Hall–Kier alpha value is -1.18. The van der Waals surface area contributed by atoms with Crippen LogP contribution in [0.4, 0.5) is 5.69 Å². The second kappa shape index (κ2) is 8.84. The molecule has 0 saturated carbocycles. The molecule has 2 heteroatoms. The van der Waals surface area contributed by atoms with Gasteiger partial charge in [0, 0.05) is 0 Å². The molecular formula is C17H29NO. The first-order chi connectivity index (χ1) is 9.19. The molecule has 0 aliphatic carbocycles. The lowest BCUT2D eigenvalue weighted by atomic mass is 9.98. The maximum absolute atomic E-state index is 6.05. The number of unbranched alkanes of at least 4 members (excludes halogenated alkanes) is 4. The Morgan fingerprint density at radius 1 is 1.11 bits per heavy atom. The van der Waals surface area contributed by atoms with Crippen molar-refractivity contribution in [3.63, 3.8) is 0 Å². The van der Waals surface area contributed by atoms with Gasteiger partial charge in [0.1, 0.15) is 5.75 Å². The summed E-state index contributed by atoms with van der Waals surface area (Å²) in [5.41, 5.74) is 8.12. The third-order valence-electron chi connectivity index (χ3n) is 3.72. The second-order valence-corrected chi connectivity index (χ2v) is 5.37. The number of nitrogens with two attached hydrogens (primary N) is 1. The molecule has 0 aliphatic heterocycles. The molecule has 2 nitrogen and oxygen atoms in total. The third kappa shape index (κ3) is 5.54. The molecule has 1 aromatic carbocycles. The van der Waals surface area contributed by atoms with Crippen molar-refractivity contribution in [1.82, 2.24) is 0 Å². The summed E-state index contributed by atoms with van der Waals surface area (Å²) in [5.74, 6) is 1.40. The number of benzene rings is 1. The van der Waals surface area contributed by atoms with Crippen molar-refractivity contribution >= 4 is 5.69 Å². The summed E-state index contributed by atoms with van der Waals surface area (Å²) < 4.78 is 5.76. The molecule has 0 amide bonds. The van der Waals surface area contributed by atoms with Crippen molar-refractivity contribution in [2.75, 3.05) is 12.3 Å². The maximum Gasteiger partial charge on any atom is 0.142 e. The zero-order valence-corrected chi connectivity index (χ0v) is 12.7. The van der Waals surface area contributed by atoms with Crippen LogP contribution in [0.3, 0.4) is 0 Å². The van der Waals surface area contributed by atoms with Crippen LogP contribution in [0.15, 0.2) is 18.2 Å². The molecule has 0 spiro atoms. The highest BCUT2D eigenvalue weighted by molar-refractivity contribution is 5.54. The summed E-state index contributed by atoms with van der Waals surface area (Å²) >= 11 is 0. The van der Waals surface area contributed by atoms with E-state index >= 15 is 0 Å². The summed E-state index contributed by atoms with van der Waals surface area (Å²) in [5, 5.41) is 0. The van der Waals surface area contributed by atoms with E-state index in [0.29, 0.717) is 5.92 Å². The fourth-order valence-corrected chi connectivity index (χ4v) is 2.13. The smallest absolute Gasteiger partial charge is 0.142 e. The van der Waals surface area contributed by atoms with Crippen LogP contribution in [-0.2, 0) is 0 Å². The number of rotatable bonds is 9. The average Bonchev–Trinajstić information content (AvgIpc) is 2.43. The first kappa shape index (κ1) is 15.9. The number of hydrogen-bond donors (Lipinski definition) is 1. The lowest BCUT2D eigenvalue weighted by Crippen LogP contribution is -2.02. The molecule has 0 heterocycles. The molecule has 2 N–H and O–H groups in total. The molecule has 1 rings (SSSR count). The molecule has 0 bridgehead atoms. The quantitative estimate of drug-likeness (QED) is 0.495. The van der Waals surface area contributed by atoms with Gasteiger partial charge in [-0.05, 0) is 36.5 Å². The van der Waals surface area contributed by atoms with Gasteiger partial charge >= 0.3 is 0 Å². The van der Waals surface area contributed by atoms with Crippen LogP contribution < -0.4 is 10.5 Å². The Bertz CT molecular complexity index is 362. The molecule has 0 aromatic heterocycles. The van der Waals surface area contributed by atoms with Crippen LogP contribution in [0.5, 0.6) is 5.75 Å². The van der Waals surface area contributed by atoms with Crippen LogP contribution in [-0.4, -0.2) is 6.61 Å². The highest BCUT2D eigenvalue weighted by Crippen LogP contribution is 2.27. The minimum absolute atomic E-state index is 0.561. The lowest BCUT2D eigenvalue weighted by Gasteiger charge is -2.13. The molecule has 1 unspecified atom stereocenters. The number of ether oxygens (including phenoxy) is 1. The zero-order valence-electron chi connectivity index (χ0n) is 12.7. The normalized spacial score (nSPS) is 12.4. The van der Waals surface area contributed by atoms with Crippen molar-refractivity contribution in [3.8, 4) is 5.75 Å². The van der Waals surface area contributed by atoms with Gasteiger partial charge in [-0.2, -0.15) is 0 Å². The highest BCUT2D eigenvalue weighted by Gasteiger charge is 2.06. The van der Waals surface area contributed by atoms with Crippen molar-refractivity contribution in [1.29, 1.82) is 0 Å². The monoisotopic (exact) mass is 263 g/mol. The summed E-state index contributed by atoms with van der Waals surface area (Å²) in [6, 6.07) is 6.21. The molecular weight excluding hydrogens is 234 g/mol. The molecule has 0 fully saturated rings.